The maximum absolute atomic E-state index is 13.0. The Morgan fingerprint density at radius 3 is 2.36 bits per heavy atom. The zero-order valence-electron chi connectivity index (χ0n) is 19.3. The van der Waals surface area contributed by atoms with Crippen molar-refractivity contribution in [2.75, 3.05) is 26.6 Å². The van der Waals surface area contributed by atoms with Gasteiger partial charge in [-0.25, -0.2) is 0 Å². The molecule has 0 aromatic heterocycles. The number of carbonyl (C=O) groups is 2. The van der Waals surface area contributed by atoms with E-state index in [9.17, 15) is 19.5 Å². The lowest BCUT2D eigenvalue weighted by molar-refractivity contribution is -0.137. The molecule has 176 valence electrons. The van der Waals surface area contributed by atoms with Crippen LogP contribution in [0.4, 0.5) is 5.69 Å². The minimum atomic E-state index is -1.08. The SMILES string of the molecule is COc1cc2c(c(OC)c1OC)-c1ccc(NC(C)C(=O)O)c(=O)cc1[C@@H](NC(C)=O)CC2. The standard InChI is InChI=1S/C24H28N2O7/c1-12(24(29)30)25-18-9-7-15-16(11-19(18)28)17(26-13(2)27)8-6-14-10-20(31-3)22(32-4)23(33-5)21(14)15/h7,9-12,17H,6,8H2,1-5H3,(H,25,28)(H,26,27)(H,29,30)/t12?,17-/m0/s1. The van der Waals surface area contributed by atoms with Crippen LogP contribution < -0.4 is 30.3 Å². The summed E-state index contributed by atoms with van der Waals surface area (Å²) in [5.41, 5.74) is 2.67. The van der Waals surface area contributed by atoms with Crippen LogP contribution in [0.2, 0.25) is 0 Å². The molecule has 0 radical (unpaired) electrons. The van der Waals surface area contributed by atoms with Crippen LogP contribution in [-0.2, 0) is 16.0 Å². The summed E-state index contributed by atoms with van der Waals surface area (Å²) < 4.78 is 16.8. The summed E-state index contributed by atoms with van der Waals surface area (Å²) in [5, 5.41) is 14.9. The van der Waals surface area contributed by atoms with Crippen LogP contribution in [0, 0.1) is 0 Å². The van der Waals surface area contributed by atoms with Gasteiger partial charge >= 0.3 is 5.97 Å². The average molecular weight is 456 g/mol. The van der Waals surface area contributed by atoms with Crippen LogP contribution in [0.25, 0.3) is 11.1 Å². The molecule has 0 heterocycles. The third kappa shape index (κ3) is 4.72. The number of aliphatic carboxylic acids is 1. The first kappa shape index (κ1) is 23.9. The Labute approximate surface area is 191 Å². The Balaban J connectivity index is 2.35. The molecule has 2 atom stereocenters. The molecule has 0 bridgehead atoms. The van der Waals surface area contributed by atoms with Crippen molar-refractivity contribution in [3.8, 4) is 28.4 Å². The van der Waals surface area contributed by atoms with Crippen LogP contribution in [0.5, 0.6) is 17.2 Å². The number of anilines is 1. The van der Waals surface area contributed by atoms with E-state index in [1.807, 2.05) is 6.07 Å². The van der Waals surface area contributed by atoms with Crippen molar-refractivity contribution in [3.05, 3.63) is 45.6 Å². The normalized spacial score (nSPS) is 15.2. The van der Waals surface area contributed by atoms with Crippen molar-refractivity contribution >= 4 is 17.6 Å². The van der Waals surface area contributed by atoms with Crippen molar-refractivity contribution in [1.29, 1.82) is 0 Å². The number of hydrogen-bond donors (Lipinski definition) is 3. The number of methoxy groups -OCH3 is 3. The summed E-state index contributed by atoms with van der Waals surface area (Å²) >= 11 is 0. The Morgan fingerprint density at radius 2 is 1.79 bits per heavy atom. The molecule has 3 N–H and O–H groups in total. The lowest BCUT2D eigenvalue weighted by Gasteiger charge is -2.19. The summed E-state index contributed by atoms with van der Waals surface area (Å²) in [6.45, 7) is 2.88. The van der Waals surface area contributed by atoms with Gasteiger partial charge in [-0.2, -0.15) is 0 Å². The number of benzene rings is 1. The van der Waals surface area contributed by atoms with Gasteiger partial charge in [-0.1, -0.05) is 6.07 Å². The molecule has 0 saturated heterocycles. The molecule has 1 aliphatic carbocycles. The smallest absolute Gasteiger partial charge is 0.325 e. The molecular formula is C24H28N2O7. The van der Waals surface area contributed by atoms with Gasteiger partial charge in [0.25, 0.3) is 0 Å². The molecule has 33 heavy (non-hydrogen) atoms. The molecule has 0 saturated carbocycles. The Bertz CT molecular complexity index is 1150. The van der Waals surface area contributed by atoms with Gasteiger partial charge in [-0.05, 0) is 54.7 Å². The molecule has 0 fully saturated rings. The molecule has 3 rings (SSSR count). The highest BCUT2D eigenvalue weighted by Crippen LogP contribution is 2.50. The van der Waals surface area contributed by atoms with E-state index in [4.69, 9.17) is 14.2 Å². The molecule has 2 aromatic rings. The summed E-state index contributed by atoms with van der Waals surface area (Å²) in [5.74, 6) is 0.0615. The van der Waals surface area contributed by atoms with Gasteiger partial charge in [-0.15, -0.1) is 0 Å². The zero-order valence-corrected chi connectivity index (χ0v) is 19.3. The maximum Gasteiger partial charge on any atom is 0.325 e. The third-order valence-electron chi connectivity index (χ3n) is 5.66. The number of rotatable bonds is 7. The fraction of sp³-hybridized carbons (Fsp3) is 0.375. The summed E-state index contributed by atoms with van der Waals surface area (Å²) in [7, 11) is 4.58. The number of hydrogen-bond acceptors (Lipinski definition) is 7. The number of ether oxygens (including phenoxy) is 3. The largest absolute Gasteiger partial charge is 0.493 e. The molecule has 9 nitrogen and oxygen atoms in total. The quantitative estimate of drug-likeness (QED) is 0.581. The monoisotopic (exact) mass is 456 g/mol. The molecule has 1 unspecified atom stereocenters. The first-order valence-electron chi connectivity index (χ1n) is 10.5. The fourth-order valence-corrected chi connectivity index (χ4v) is 4.12. The molecule has 1 amide bonds. The second-order valence-electron chi connectivity index (χ2n) is 7.80. The van der Waals surface area contributed by atoms with Gasteiger partial charge in [0.2, 0.25) is 17.1 Å². The van der Waals surface area contributed by atoms with E-state index in [0.717, 1.165) is 11.1 Å². The highest BCUT2D eigenvalue weighted by molar-refractivity contribution is 5.84. The second-order valence-corrected chi connectivity index (χ2v) is 7.80. The van der Waals surface area contributed by atoms with Gasteiger partial charge in [0, 0.05) is 12.5 Å². The van der Waals surface area contributed by atoms with Crippen LogP contribution in [0.15, 0.2) is 29.1 Å². The van der Waals surface area contributed by atoms with Crippen molar-refractivity contribution in [1.82, 2.24) is 5.32 Å². The van der Waals surface area contributed by atoms with E-state index < -0.39 is 18.1 Å². The summed E-state index contributed by atoms with van der Waals surface area (Å²) in [4.78, 5) is 36.3. The van der Waals surface area contributed by atoms with Crippen LogP contribution >= 0.6 is 0 Å². The lowest BCUT2D eigenvalue weighted by Crippen LogP contribution is -2.28. The number of carboxylic acid groups (broad SMARTS) is 1. The maximum atomic E-state index is 13.0. The fourth-order valence-electron chi connectivity index (χ4n) is 4.12. The minimum absolute atomic E-state index is 0.139. The third-order valence-corrected chi connectivity index (χ3v) is 5.66. The number of carboxylic acids is 1. The number of amides is 1. The first-order valence-corrected chi connectivity index (χ1v) is 10.5. The minimum Gasteiger partial charge on any atom is -0.493 e. The number of carbonyl (C=O) groups excluding carboxylic acids is 1. The Hall–Kier alpha value is -3.75. The number of nitrogens with one attached hydrogen (secondary N) is 2. The molecule has 0 spiro atoms. The van der Waals surface area contributed by atoms with E-state index in [2.05, 4.69) is 10.6 Å². The van der Waals surface area contributed by atoms with Gasteiger partial charge in [-0.3, -0.25) is 14.4 Å². The van der Waals surface area contributed by atoms with Crippen LogP contribution in [-0.4, -0.2) is 44.4 Å². The van der Waals surface area contributed by atoms with E-state index in [1.54, 1.807) is 19.2 Å². The lowest BCUT2D eigenvalue weighted by atomic mass is 9.95. The number of fused-ring (bicyclic) bond motifs is 3. The zero-order chi connectivity index (χ0) is 24.3. The van der Waals surface area contributed by atoms with Crippen molar-refractivity contribution in [2.24, 2.45) is 0 Å². The van der Waals surface area contributed by atoms with Crippen molar-refractivity contribution in [2.45, 2.75) is 38.8 Å². The Morgan fingerprint density at radius 1 is 1.09 bits per heavy atom. The van der Waals surface area contributed by atoms with Gasteiger partial charge in [0.05, 0.1) is 33.1 Å². The first-order chi connectivity index (χ1) is 15.7. The molecule has 0 aliphatic heterocycles. The second kappa shape index (κ2) is 9.81. The van der Waals surface area contributed by atoms with Gasteiger partial charge in [0.1, 0.15) is 6.04 Å². The van der Waals surface area contributed by atoms with Gasteiger partial charge < -0.3 is 30.0 Å². The summed E-state index contributed by atoms with van der Waals surface area (Å²) in [6.07, 6.45) is 1.13. The van der Waals surface area contributed by atoms with E-state index in [-0.39, 0.29) is 17.0 Å². The number of aryl methyl sites for hydroxylation is 1. The van der Waals surface area contributed by atoms with Crippen molar-refractivity contribution < 1.29 is 28.9 Å². The highest BCUT2D eigenvalue weighted by Gasteiger charge is 2.29. The van der Waals surface area contributed by atoms with Crippen LogP contribution in [0.1, 0.15) is 37.4 Å². The molecular weight excluding hydrogens is 428 g/mol. The van der Waals surface area contributed by atoms with E-state index in [0.29, 0.717) is 41.2 Å². The molecule has 2 aromatic carbocycles. The van der Waals surface area contributed by atoms with Crippen LogP contribution in [0.3, 0.4) is 0 Å². The molecule has 9 heteroatoms. The molecule has 1 aliphatic rings. The highest BCUT2D eigenvalue weighted by atomic mass is 16.5. The predicted molar refractivity (Wildman–Crippen MR) is 123 cm³/mol. The van der Waals surface area contributed by atoms with E-state index >= 15 is 0 Å². The van der Waals surface area contributed by atoms with E-state index in [1.165, 1.54) is 34.1 Å². The Kier molecular flexibility index (Phi) is 7.10. The van der Waals surface area contributed by atoms with Crippen molar-refractivity contribution in [3.63, 3.8) is 0 Å². The predicted octanol–water partition coefficient (Wildman–Crippen LogP) is 2.75. The summed E-state index contributed by atoms with van der Waals surface area (Å²) in [6, 6.07) is 5.21. The topological polar surface area (TPSA) is 123 Å². The average Bonchev–Trinajstić information content (AvgIpc) is 3.01. The van der Waals surface area contributed by atoms with Gasteiger partial charge in [0.15, 0.2) is 11.5 Å².